The molecule has 3 aliphatic heterocycles. The molecule has 0 aromatic carbocycles. The molecule has 1 N–H and O–H groups in total. The number of carbonyl (C=O) groups is 3. The Morgan fingerprint density at radius 2 is 2.06 bits per heavy atom. The van der Waals surface area contributed by atoms with Crippen molar-refractivity contribution in [2.24, 2.45) is 17.8 Å². The number of ether oxygens (including phenoxy) is 1. The first-order valence-corrected chi connectivity index (χ1v) is 13.5. The minimum absolute atomic E-state index is 0.0152. The molecule has 2 bridgehead atoms. The summed E-state index contributed by atoms with van der Waals surface area (Å²) in [4.78, 5) is 44.7. The van der Waals surface area contributed by atoms with Gasteiger partial charge in [-0.1, -0.05) is 32.4 Å². The molecule has 6 atom stereocenters. The number of hydrogen-bond donors (Lipinski definition) is 1. The SMILES string of the molecule is C=CCCOC(=O)[C@@H]1[C@@H]2CC(C)C3(S2)C(C(=O)N(CC=C)CCCC)N(CCCCO)C(=O)[C@H]13. The Morgan fingerprint density at radius 3 is 2.71 bits per heavy atom. The van der Waals surface area contributed by atoms with Gasteiger partial charge in [-0.3, -0.25) is 14.4 Å². The summed E-state index contributed by atoms with van der Waals surface area (Å²) < 4.78 is 4.91. The molecule has 3 rings (SSSR count). The molecule has 3 heterocycles. The fourth-order valence-electron chi connectivity index (χ4n) is 6.01. The van der Waals surface area contributed by atoms with Crippen LogP contribution in [0.4, 0.5) is 0 Å². The normalized spacial score (nSPS) is 31.4. The molecule has 0 aromatic heterocycles. The molecule has 190 valence electrons. The highest BCUT2D eigenvalue weighted by atomic mass is 32.2. The van der Waals surface area contributed by atoms with Crippen LogP contribution in [-0.2, 0) is 19.1 Å². The number of aliphatic hydroxyl groups excluding tert-OH is 1. The summed E-state index contributed by atoms with van der Waals surface area (Å²) in [5.74, 6) is -1.44. The average molecular weight is 493 g/mol. The zero-order valence-corrected chi connectivity index (χ0v) is 21.4. The van der Waals surface area contributed by atoms with Crippen molar-refractivity contribution in [2.75, 3.05) is 32.8 Å². The van der Waals surface area contributed by atoms with Gasteiger partial charge in [0, 0.05) is 31.5 Å². The molecular formula is C26H40N2O5S. The highest BCUT2D eigenvalue weighted by molar-refractivity contribution is 8.02. The lowest BCUT2D eigenvalue weighted by Crippen LogP contribution is -2.57. The number of fused-ring (bicyclic) bond motifs is 1. The number of rotatable bonds is 14. The van der Waals surface area contributed by atoms with E-state index < -0.39 is 22.6 Å². The Balaban J connectivity index is 1.98. The Hall–Kier alpha value is -1.80. The van der Waals surface area contributed by atoms with Crippen molar-refractivity contribution >= 4 is 29.5 Å². The Morgan fingerprint density at radius 1 is 1.29 bits per heavy atom. The van der Waals surface area contributed by atoms with E-state index in [4.69, 9.17) is 4.74 Å². The zero-order chi connectivity index (χ0) is 24.9. The third-order valence-corrected chi connectivity index (χ3v) is 9.64. The van der Waals surface area contributed by atoms with E-state index in [1.165, 1.54) is 0 Å². The van der Waals surface area contributed by atoms with Gasteiger partial charge < -0.3 is 19.6 Å². The minimum Gasteiger partial charge on any atom is -0.465 e. The fourth-order valence-corrected chi connectivity index (χ4v) is 8.41. The molecule has 0 radical (unpaired) electrons. The number of hydrogen-bond acceptors (Lipinski definition) is 6. The average Bonchev–Trinajstić information content (AvgIpc) is 3.40. The number of likely N-dealkylation sites (tertiary alicyclic amines) is 1. The van der Waals surface area contributed by atoms with Crippen LogP contribution < -0.4 is 0 Å². The molecule has 3 fully saturated rings. The van der Waals surface area contributed by atoms with Gasteiger partial charge in [0.05, 0.1) is 23.2 Å². The molecule has 7 nitrogen and oxygen atoms in total. The number of thioether (sulfide) groups is 1. The van der Waals surface area contributed by atoms with E-state index in [1.54, 1.807) is 28.8 Å². The van der Waals surface area contributed by atoms with Crippen molar-refractivity contribution in [3.8, 4) is 0 Å². The van der Waals surface area contributed by atoms with Crippen LogP contribution in [-0.4, -0.2) is 81.6 Å². The first kappa shape index (κ1) is 26.8. The zero-order valence-electron chi connectivity index (χ0n) is 20.6. The fraction of sp³-hybridized carbons (Fsp3) is 0.731. The monoisotopic (exact) mass is 492 g/mol. The third-order valence-electron chi connectivity index (χ3n) is 7.57. The van der Waals surface area contributed by atoms with Crippen molar-refractivity contribution in [1.29, 1.82) is 0 Å². The molecule has 0 saturated carbocycles. The minimum atomic E-state index is -0.633. The molecule has 3 aliphatic rings. The molecule has 3 unspecified atom stereocenters. The number of amides is 2. The first-order valence-electron chi connectivity index (χ1n) is 12.6. The summed E-state index contributed by atoms with van der Waals surface area (Å²) in [5.41, 5.74) is 0. The van der Waals surface area contributed by atoms with Gasteiger partial charge in [-0.15, -0.1) is 24.9 Å². The summed E-state index contributed by atoms with van der Waals surface area (Å²) in [5, 5.41) is 9.28. The third kappa shape index (κ3) is 4.68. The molecule has 2 amide bonds. The van der Waals surface area contributed by atoms with E-state index in [9.17, 15) is 19.5 Å². The second-order valence-electron chi connectivity index (χ2n) is 9.69. The van der Waals surface area contributed by atoms with E-state index in [0.29, 0.717) is 38.9 Å². The van der Waals surface area contributed by atoms with Crippen molar-refractivity contribution in [1.82, 2.24) is 9.80 Å². The van der Waals surface area contributed by atoms with Gasteiger partial charge in [-0.05, 0) is 38.0 Å². The van der Waals surface area contributed by atoms with E-state index in [2.05, 4.69) is 27.0 Å². The number of aliphatic hydroxyl groups is 1. The number of esters is 1. The van der Waals surface area contributed by atoms with Gasteiger partial charge in [0.1, 0.15) is 6.04 Å². The lowest BCUT2D eigenvalue weighted by atomic mass is 9.66. The second kappa shape index (κ2) is 11.8. The van der Waals surface area contributed by atoms with Crippen LogP contribution in [0.2, 0.25) is 0 Å². The maximum Gasteiger partial charge on any atom is 0.310 e. The van der Waals surface area contributed by atoms with Crippen molar-refractivity contribution in [3.05, 3.63) is 25.3 Å². The summed E-state index contributed by atoms with van der Waals surface area (Å²) in [7, 11) is 0. The lowest BCUT2D eigenvalue weighted by molar-refractivity contribution is -0.154. The molecule has 1 spiro atoms. The van der Waals surface area contributed by atoms with Crippen molar-refractivity contribution in [3.63, 3.8) is 0 Å². The van der Waals surface area contributed by atoms with Gasteiger partial charge >= 0.3 is 5.97 Å². The highest BCUT2D eigenvalue weighted by Gasteiger charge is 2.76. The number of carbonyl (C=O) groups excluding carboxylic acids is 3. The van der Waals surface area contributed by atoms with Crippen molar-refractivity contribution in [2.45, 2.75) is 68.4 Å². The van der Waals surface area contributed by atoms with E-state index >= 15 is 0 Å². The van der Waals surface area contributed by atoms with Crippen LogP contribution >= 0.6 is 11.8 Å². The molecule has 8 heteroatoms. The van der Waals surface area contributed by atoms with Crippen LogP contribution in [0.15, 0.2) is 25.3 Å². The van der Waals surface area contributed by atoms with E-state index in [0.717, 1.165) is 19.3 Å². The van der Waals surface area contributed by atoms with Crippen LogP contribution in [0.1, 0.15) is 52.4 Å². The Bertz CT molecular complexity index is 789. The predicted molar refractivity (Wildman–Crippen MR) is 134 cm³/mol. The molecule has 0 aliphatic carbocycles. The Kier molecular flexibility index (Phi) is 9.27. The van der Waals surface area contributed by atoms with Gasteiger partial charge in [-0.2, -0.15) is 0 Å². The van der Waals surface area contributed by atoms with Gasteiger partial charge in [0.25, 0.3) is 0 Å². The van der Waals surface area contributed by atoms with Crippen LogP contribution in [0.3, 0.4) is 0 Å². The van der Waals surface area contributed by atoms with Gasteiger partial charge in [0.15, 0.2) is 0 Å². The second-order valence-corrected chi connectivity index (χ2v) is 11.2. The molecular weight excluding hydrogens is 452 g/mol. The van der Waals surface area contributed by atoms with Crippen LogP contribution in [0.5, 0.6) is 0 Å². The summed E-state index contributed by atoms with van der Waals surface area (Å²) >= 11 is 1.67. The van der Waals surface area contributed by atoms with E-state index in [1.807, 2.05) is 4.90 Å². The Labute approximate surface area is 208 Å². The smallest absolute Gasteiger partial charge is 0.310 e. The maximum absolute atomic E-state index is 14.1. The summed E-state index contributed by atoms with van der Waals surface area (Å²) in [6.07, 6.45) is 7.82. The van der Waals surface area contributed by atoms with Crippen LogP contribution in [0.25, 0.3) is 0 Å². The molecule has 3 saturated heterocycles. The largest absolute Gasteiger partial charge is 0.465 e. The first-order chi connectivity index (χ1) is 16.4. The maximum atomic E-state index is 14.1. The lowest BCUT2D eigenvalue weighted by Gasteiger charge is -2.40. The number of nitrogens with zero attached hydrogens (tertiary/aromatic N) is 2. The standard InChI is InChI=1S/C26H40N2O5S/c1-5-8-13-27(12-7-3)24(31)22-26-18(4)17-19(34-26)20(25(32)33-16-9-6-2)21(26)23(30)28(22)14-10-11-15-29/h6-7,18-22,29H,2-3,5,8-17H2,1,4H3/t18?,19-,20+,21-,22?,26?/m0/s1. The topological polar surface area (TPSA) is 87.2 Å². The van der Waals surface area contributed by atoms with Gasteiger partial charge in [0.2, 0.25) is 11.8 Å². The molecule has 0 aromatic rings. The quantitative estimate of drug-likeness (QED) is 0.228. The highest BCUT2D eigenvalue weighted by Crippen LogP contribution is 2.68. The van der Waals surface area contributed by atoms with Crippen LogP contribution in [0, 0.1) is 17.8 Å². The predicted octanol–water partition coefficient (Wildman–Crippen LogP) is 3.03. The van der Waals surface area contributed by atoms with Crippen molar-refractivity contribution < 1.29 is 24.2 Å². The molecule has 34 heavy (non-hydrogen) atoms. The number of unbranched alkanes of at least 4 members (excludes halogenated alkanes) is 2. The summed E-state index contributed by atoms with van der Waals surface area (Å²) in [6.45, 7) is 13.5. The van der Waals surface area contributed by atoms with Gasteiger partial charge in [-0.25, -0.2) is 0 Å². The summed E-state index contributed by atoms with van der Waals surface area (Å²) in [6, 6.07) is -0.614. The van der Waals surface area contributed by atoms with E-state index in [-0.39, 0.29) is 42.2 Å².